The van der Waals surface area contributed by atoms with Crippen molar-refractivity contribution < 1.29 is 18.4 Å². The topological polar surface area (TPSA) is 83.7 Å². The normalized spacial score (nSPS) is 12.8. The van der Waals surface area contributed by atoms with Crippen LogP contribution in [0.3, 0.4) is 0 Å². The van der Waals surface area contributed by atoms with E-state index >= 15 is 0 Å². The summed E-state index contributed by atoms with van der Waals surface area (Å²) >= 11 is 0. The van der Waals surface area contributed by atoms with Crippen LogP contribution in [0.25, 0.3) is 22.6 Å². The molecular weight excluding hydrogens is 272 g/mol. The van der Waals surface area contributed by atoms with Crippen LogP contribution in [0.4, 0.5) is 5.88 Å². The van der Waals surface area contributed by atoms with Gasteiger partial charge in [-0.2, -0.15) is 0 Å². The van der Waals surface area contributed by atoms with Crippen LogP contribution in [0.5, 0.6) is 11.5 Å². The van der Waals surface area contributed by atoms with E-state index in [1.54, 1.807) is 6.26 Å². The highest BCUT2D eigenvalue weighted by molar-refractivity contribution is 5.86. The highest BCUT2D eigenvalue weighted by Crippen LogP contribution is 2.42. The minimum atomic E-state index is 0.224. The molecule has 2 aromatic heterocycles. The number of benzene rings is 1. The number of nitrogens with two attached hydrogens (primary N) is 1. The number of furan rings is 1. The van der Waals surface area contributed by atoms with E-state index in [2.05, 4.69) is 5.16 Å². The summed E-state index contributed by atoms with van der Waals surface area (Å²) in [6.45, 7) is 2.16. The van der Waals surface area contributed by atoms with Crippen LogP contribution in [0, 0.1) is 6.92 Å². The Labute approximate surface area is 120 Å². The Balaban J connectivity index is 1.89. The molecule has 3 aromatic rings. The van der Waals surface area contributed by atoms with Crippen molar-refractivity contribution in [1.29, 1.82) is 0 Å². The molecule has 6 heteroatoms. The van der Waals surface area contributed by atoms with Crippen LogP contribution in [0.15, 0.2) is 39.5 Å². The third kappa shape index (κ3) is 1.76. The molecule has 0 saturated carbocycles. The number of hydrogen-bond donors (Lipinski definition) is 1. The van der Waals surface area contributed by atoms with Crippen LogP contribution >= 0.6 is 0 Å². The van der Waals surface area contributed by atoms with Gasteiger partial charge in [-0.3, -0.25) is 0 Å². The maximum Gasteiger partial charge on any atom is 0.231 e. The fraction of sp³-hybridized carbons (Fsp3) is 0.133. The van der Waals surface area contributed by atoms with Crippen molar-refractivity contribution in [2.75, 3.05) is 12.5 Å². The fourth-order valence-electron chi connectivity index (χ4n) is 2.40. The zero-order chi connectivity index (χ0) is 14.4. The van der Waals surface area contributed by atoms with Crippen molar-refractivity contribution in [3.05, 3.63) is 36.1 Å². The lowest BCUT2D eigenvalue weighted by Crippen LogP contribution is -1.92. The highest BCUT2D eigenvalue weighted by Gasteiger charge is 2.23. The number of nitrogens with zero attached hydrogens (tertiary/aromatic N) is 1. The van der Waals surface area contributed by atoms with Gasteiger partial charge in [-0.1, -0.05) is 11.2 Å². The number of ether oxygens (including phenoxy) is 2. The number of hydrogen-bond acceptors (Lipinski definition) is 6. The predicted octanol–water partition coefficient (Wildman–Crippen LogP) is 3.22. The van der Waals surface area contributed by atoms with Crippen LogP contribution in [-0.2, 0) is 0 Å². The Morgan fingerprint density at radius 3 is 2.81 bits per heavy atom. The van der Waals surface area contributed by atoms with E-state index in [0.717, 1.165) is 11.1 Å². The summed E-state index contributed by atoms with van der Waals surface area (Å²) in [5.41, 5.74) is 9.00. The maximum atomic E-state index is 5.93. The standard InChI is InChI=1S/C15H12N2O4/c1-8-4-5-18-14(8)13-12(15(16)21-17-13)9-2-3-10-11(6-9)20-7-19-10/h2-6H,7,16H2,1H3. The number of fused-ring (bicyclic) bond motifs is 1. The largest absolute Gasteiger partial charge is 0.462 e. The van der Waals surface area contributed by atoms with Crippen molar-refractivity contribution in [2.24, 2.45) is 0 Å². The van der Waals surface area contributed by atoms with Crippen molar-refractivity contribution >= 4 is 5.88 Å². The summed E-state index contributed by atoms with van der Waals surface area (Å²) in [7, 11) is 0. The quantitative estimate of drug-likeness (QED) is 0.777. The van der Waals surface area contributed by atoms with Crippen molar-refractivity contribution in [1.82, 2.24) is 5.16 Å². The van der Waals surface area contributed by atoms with Gasteiger partial charge in [-0.25, -0.2) is 0 Å². The molecule has 6 nitrogen and oxygen atoms in total. The monoisotopic (exact) mass is 284 g/mol. The van der Waals surface area contributed by atoms with Gasteiger partial charge in [-0.05, 0) is 36.2 Å². The highest BCUT2D eigenvalue weighted by atomic mass is 16.7. The molecule has 106 valence electrons. The fourth-order valence-corrected chi connectivity index (χ4v) is 2.40. The number of anilines is 1. The van der Waals surface area contributed by atoms with E-state index in [-0.39, 0.29) is 12.7 Å². The second kappa shape index (κ2) is 4.31. The molecule has 3 heterocycles. The lowest BCUT2D eigenvalue weighted by Gasteiger charge is -2.03. The van der Waals surface area contributed by atoms with E-state index in [1.807, 2.05) is 31.2 Å². The third-order valence-electron chi connectivity index (χ3n) is 3.46. The molecule has 1 aliphatic heterocycles. The summed E-state index contributed by atoms with van der Waals surface area (Å²) in [6, 6.07) is 7.44. The molecule has 2 N–H and O–H groups in total. The average Bonchev–Trinajstić information content (AvgIpc) is 3.17. The summed E-state index contributed by atoms with van der Waals surface area (Å²) in [6.07, 6.45) is 1.61. The molecule has 0 radical (unpaired) electrons. The molecule has 0 aliphatic carbocycles. The molecule has 0 saturated heterocycles. The van der Waals surface area contributed by atoms with Crippen LogP contribution in [0.1, 0.15) is 5.56 Å². The molecule has 4 rings (SSSR count). The Hall–Kier alpha value is -2.89. The summed E-state index contributed by atoms with van der Waals surface area (Å²) < 4.78 is 21.3. The average molecular weight is 284 g/mol. The molecule has 0 unspecified atom stereocenters. The first-order valence-electron chi connectivity index (χ1n) is 6.43. The van der Waals surface area contributed by atoms with E-state index in [4.69, 9.17) is 24.1 Å². The Kier molecular flexibility index (Phi) is 2.44. The van der Waals surface area contributed by atoms with Crippen LogP contribution in [0.2, 0.25) is 0 Å². The molecule has 0 fully saturated rings. The van der Waals surface area contributed by atoms with Crippen LogP contribution in [-0.4, -0.2) is 11.9 Å². The smallest absolute Gasteiger partial charge is 0.231 e. The molecule has 1 aromatic carbocycles. The third-order valence-corrected chi connectivity index (χ3v) is 3.46. The molecule has 0 spiro atoms. The first-order chi connectivity index (χ1) is 10.2. The SMILES string of the molecule is Cc1ccoc1-c1noc(N)c1-c1ccc2c(c1)OCO2. The van der Waals surface area contributed by atoms with Gasteiger partial charge in [0.2, 0.25) is 12.7 Å². The van der Waals surface area contributed by atoms with Crippen molar-refractivity contribution in [3.63, 3.8) is 0 Å². The minimum absolute atomic E-state index is 0.224. The maximum absolute atomic E-state index is 5.93. The summed E-state index contributed by atoms with van der Waals surface area (Å²) in [5.74, 6) is 2.27. The predicted molar refractivity (Wildman–Crippen MR) is 74.9 cm³/mol. The lowest BCUT2D eigenvalue weighted by atomic mass is 10.0. The summed E-state index contributed by atoms with van der Waals surface area (Å²) in [4.78, 5) is 0. The van der Waals surface area contributed by atoms with E-state index < -0.39 is 0 Å². The van der Waals surface area contributed by atoms with Gasteiger partial charge >= 0.3 is 0 Å². The zero-order valence-electron chi connectivity index (χ0n) is 11.3. The van der Waals surface area contributed by atoms with Gasteiger partial charge in [0, 0.05) is 0 Å². The van der Waals surface area contributed by atoms with Gasteiger partial charge < -0.3 is 24.1 Å². The van der Waals surface area contributed by atoms with Crippen LogP contribution < -0.4 is 15.2 Å². The second-order valence-corrected chi connectivity index (χ2v) is 4.77. The number of aromatic nitrogens is 1. The molecule has 0 amide bonds. The molecule has 0 bridgehead atoms. The van der Waals surface area contributed by atoms with E-state index in [1.165, 1.54) is 0 Å². The summed E-state index contributed by atoms with van der Waals surface area (Å²) in [5, 5.41) is 4.02. The van der Waals surface area contributed by atoms with Gasteiger partial charge in [0.05, 0.1) is 11.8 Å². The van der Waals surface area contributed by atoms with Gasteiger partial charge in [0.25, 0.3) is 0 Å². The minimum Gasteiger partial charge on any atom is -0.462 e. The molecule has 21 heavy (non-hydrogen) atoms. The lowest BCUT2D eigenvalue weighted by molar-refractivity contribution is 0.174. The van der Waals surface area contributed by atoms with Gasteiger partial charge in [0.15, 0.2) is 23.0 Å². The number of rotatable bonds is 2. The zero-order valence-corrected chi connectivity index (χ0v) is 11.3. The van der Waals surface area contributed by atoms with Crippen molar-refractivity contribution in [2.45, 2.75) is 6.92 Å². The Bertz CT molecular complexity index is 819. The van der Waals surface area contributed by atoms with Gasteiger partial charge in [-0.15, -0.1) is 0 Å². The number of nitrogen functional groups attached to an aromatic ring is 1. The molecule has 0 atom stereocenters. The first kappa shape index (κ1) is 11.9. The Morgan fingerprint density at radius 1 is 1.14 bits per heavy atom. The van der Waals surface area contributed by atoms with E-state index in [0.29, 0.717) is 28.5 Å². The van der Waals surface area contributed by atoms with E-state index in [9.17, 15) is 0 Å². The van der Waals surface area contributed by atoms with Gasteiger partial charge in [0.1, 0.15) is 0 Å². The first-order valence-corrected chi connectivity index (χ1v) is 6.43. The molecule has 1 aliphatic rings. The second-order valence-electron chi connectivity index (χ2n) is 4.77. The van der Waals surface area contributed by atoms with Crippen molar-refractivity contribution in [3.8, 4) is 34.1 Å². The molecular formula is C15H12N2O4. The Morgan fingerprint density at radius 2 is 2.00 bits per heavy atom. The number of aryl methyl sites for hydroxylation is 1.